The Morgan fingerprint density at radius 1 is 0.755 bits per heavy atom. The zero-order valence-corrected chi connectivity index (χ0v) is 55.0. The average Bonchev–Trinajstić information content (AvgIpc) is 1.59. The Morgan fingerprint density at radius 3 is 1.65 bits per heavy atom. The molecule has 0 aliphatic heterocycles. The third-order valence-electron chi connectivity index (χ3n) is 13.0. The highest BCUT2D eigenvalue weighted by molar-refractivity contribution is 7.23. The predicted octanol–water partition coefficient (Wildman–Crippen LogP) is 16.9. The van der Waals surface area contributed by atoms with Gasteiger partial charge in [-0.25, -0.2) is 40.0 Å². The van der Waals surface area contributed by atoms with Gasteiger partial charge in [-0.05, 0) is 129 Å². The van der Waals surface area contributed by atoms with Gasteiger partial charge in [-0.1, -0.05) is 142 Å². The number of rotatable bonds is 12. The summed E-state index contributed by atoms with van der Waals surface area (Å²) in [6.07, 6.45) is -0.0341. The van der Waals surface area contributed by atoms with Crippen molar-refractivity contribution in [2.45, 2.75) is 69.2 Å². The fourth-order valence-electron chi connectivity index (χ4n) is 9.07. The molecule has 12 aromatic rings. The van der Waals surface area contributed by atoms with Crippen LogP contribution in [0.15, 0.2) is 174 Å². The highest BCUT2D eigenvalue weighted by Gasteiger charge is 2.29. The van der Waals surface area contributed by atoms with Crippen molar-refractivity contribution in [3.8, 4) is 38.6 Å². The third kappa shape index (κ3) is 17.9. The number of H-pyrrole nitrogens is 1. The molecule has 0 aliphatic carbocycles. The van der Waals surface area contributed by atoms with Crippen LogP contribution in [-0.4, -0.2) is 83.1 Å². The number of benzene rings is 6. The number of halogens is 1. The zero-order valence-electron chi connectivity index (χ0n) is 52.8. The molecule has 6 aromatic carbocycles. The van der Waals surface area contributed by atoms with E-state index in [9.17, 15) is 19.2 Å². The number of aliphatic hydroxyl groups is 1. The molecule has 0 atom stereocenters. The van der Waals surface area contributed by atoms with E-state index in [0.717, 1.165) is 74.3 Å². The molecule has 0 aliphatic rings. The molecule has 6 heterocycles. The molecule has 9 N–H and O–H groups in total. The fourth-order valence-corrected chi connectivity index (χ4v) is 12.8. The van der Waals surface area contributed by atoms with Gasteiger partial charge in [0.2, 0.25) is 10.9 Å². The number of esters is 2. The van der Waals surface area contributed by atoms with E-state index in [1.54, 1.807) is 71.9 Å². The van der Waals surface area contributed by atoms with E-state index < -0.39 is 11.9 Å². The zero-order chi connectivity index (χ0) is 67.6. The van der Waals surface area contributed by atoms with Crippen LogP contribution in [0.5, 0.6) is 0 Å². The number of carbonyl (C=O) groups excluding carboxylic acids is 3. The van der Waals surface area contributed by atoms with E-state index >= 15 is 0 Å². The van der Waals surface area contributed by atoms with Crippen LogP contribution in [0.4, 0.5) is 17.2 Å². The number of aryl methyl sites for hydroxylation is 3. The number of Topliss-reactive ketones (excluding diaryl/α,β-unsaturated/α-hetero) is 1. The number of nitriles is 1. The van der Waals surface area contributed by atoms with Crippen molar-refractivity contribution < 1.29 is 37.2 Å². The number of nitrogens with one attached hydrogen (secondary N) is 4. The number of anilines is 2. The molecule has 0 unspecified atom stereocenters. The Hall–Kier alpha value is -10.6. The normalized spacial score (nSPS) is 10.3. The SMILES string of the molecule is C.CCO.CCOC(=O)/C(Cl)=N/Nc1ccccc1.Cc1c(-c2c3c(N)n[nH]c(=O)c3nn2-c2ccccc2)sc2ccccc12.Cc1c(C(=O)CC#N)sc2ccccc12.N=N.O.[2H]CC.[C-]#[N+]c1c(C(=O)OCC)nn(-c2ccccc2)c1-c1sc2ccccc2c1C.[HH]. The van der Waals surface area contributed by atoms with Crippen LogP contribution < -0.4 is 16.7 Å². The van der Waals surface area contributed by atoms with Gasteiger partial charge in [0.1, 0.15) is 0 Å². The second-order valence-electron chi connectivity index (χ2n) is 18.7. The minimum atomic E-state index is -0.636. The summed E-state index contributed by atoms with van der Waals surface area (Å²) in [5.41, 5.74) is 26.0. The number of carbonyl (C=O) groups is 3. The monoisotopic (exact) mass is 1340 g/mol. The third-order valence-corrected chi connectivity index (χ3v) is 17.1. The molecule has 0 amide bonds. The van der Waals surface area contributed by atoms with Crippen LogP contribution in [-0.2, 0) is 14.3 Å². The Kier molecular flexibility index (Phi) is 29.7. The summed E-state index contributed by atoms with van der Waals surface area (Å²) in [4.78, 5) is 53.9. The number of aromatic nitrogens is 6. The van der Waals surface area contributed by atoms with Gasteiger partial charge < -0.3 is 25.8 Å². The van der Waals surface area contributed by atoms with Crippen LogP contribution in [0, 0.1) is 49.7 Å². The standard InChI is InChI=1S/C22H17N3O2S.C20H15N5OS.C12H9NOS.C10H11ClN2O2.C2H6O.C2H6.CH4.H2N2.H2O.H2/c1-4-27-22(26)19-18(23-3)20(25(24-19)15-10-6-5-7-11-15)21-14(2)16-12-8-9-13-17(16)28-21;1-11-13-9-5-6-10-14(13)27-18(11)17-15-16(20(26)23-22-19(15)21)24-25(17)12-7-3-2-4-8-12;1-8-9-4-2-3-5-11(9)15-12(8)10(14)6-7-13;1-2-15-10(14)9(11)13-12-8-6-4-3-5-7-8;1-2-3;1-2;;1-2;;/h5-13H,4H2,1-2H3;2-10H,1H3,(H2,21,22)(H,23,26);2-5H,6H2,1H3;3-7,12H,2H2,1H3;3H,2H2,1H3;1-2H3;1H4;1-2H;1H2;1H/b;;;13-9-;;;;;;/i;;;;;1D;;;;. The van der Waals surface area contributed by atoms with Gasteiger partial charge >= 0.3 is 11.9 Å². The van der Waals surface area contributed by atoms with Crippen LogP contribution in [0.25, 0.3) is 78.5 Å². The number of ether oxygens (including phenoxy) is 2. The number of hydrogen-bond donors (Lipinski definition) is 6. The molecule has 0 fully saturated rings. The second kappa shape index (κ2) is 37.7. The molecule has 0 saturated heterocycles. The number of para-hydroxylation sites is 3. The van der Waals surface area contributed by atoms with E-state index in [1.165, 1.54) is 21.4 Å². The number of hydrazone groups is 1. The van der Waals surface area contributed by atoms with Crippen LogP contribution in [0.2, 0.25) is 0 Å². The maximum atomic E-state index is 12.5. The first kappa shape index (κ1) is 74.2. The molecule has 21 nitrogen and oxygen atoms in total. The molecular weight excluding hydrogens is 1270 g/mol. The Labute approximate surface area is 563 Å². The Balaban J connectivity index is 0.000000329. The quantitative estimate of drug-likeness (QED) is 0.0166. The van der Waals surface area contributed by atoms with Gasteiger partial charge in [-0.3, -0.25) is 15.0 Å². The fraction of sp³-hybridized carbons (Fsp3) is 0.188. The number of nitrogens with zero attached hydrogens (tertiary/aromatic N) is 8. The van der Waals surface area contributed by atoms with Crippen molar-refractivity contribution in [2.24, 2.45) is 5.10 Å². The number of aliphatic hydroxyl groups excluding tert-OH is 1. The Morgan fingerprint density at radius 2 is 1.19 bits per heavy atom. The molecule has 25 heteroatoms. The summed E-state index contributed by atoms with van der Waals surface area (Å²) >= 11 is 10.3. The first-order valence-corrected chi connectivity index (χ1v) is 31.2. The number of nitrogen functional groups attached to an aromatic ring is 1. The first-order chi connectivity index (χ1) is 45.1. The smallest absolute Gasteiger partial charge is 0.370 e. The highest BCUT2D eigenvalue weighted by atomic mass is 35.5. The average molecular weight is 1350 g/mol. The molecule has 0 bridgehead atoms. The van der Waals surface area contributed by atoms with Crippen molar-refractivity contribution >= 4 is 127 Å². The maximum Gasteiger partial charge on any atom is 0.370 e. The van der Waals surface area contributed by atoms with Gasteiger partial charge in [-0.2, -0.15) is 25.7 Å². The number of aromatic amines is 1. The summed E-state index contributed by atoms with van der Waals surface area (Å²) in [7, 11) is 0. The first-order valence-electron chi connectivity index (χ1n) is 29.1. The largest absolute Gasteiger partial charge is 0.462 e. The molecule has 0 saturated carbocycles. The number of fused-ring (bicyclic) bond motifs is 4. The predicted molar refractivity (Wildman–Crippen MR) is 384 cm³/mol. The molecule has 488 valence electrons. The lowest BCUT2D eigenvalue weighted by molar-refractivity contribution is -0.134. The highest BCUT2D eigenvalue weighted by Crippen LogP contribution is 2.45. The minimum absolute atomic E-state index is 0. The van der Waals surface area contributed by atoms with Crippen molar-refractivity contribution in [3.05, 3.63) is 213 Å². The topological polar surface area (TPSA) is 329 Å². The van der Waals surface area contributed by atoms with Gasteiger partial charge in [0.05, 0.1) is 75.9 Å². The lowest BCUT2D eigenvalue weighted by Crippen LogP contribution is -2.13. The summed E-state index contributed by atoms with van der Waals surface area (Å²) in [6.45, 7) is 22.0. The maximum absolute atomic E-state index is 12.5. The lowest BCUT2D eigenvalue weighted by Gasteiger charge is -2.08. The van der Waals surface area contributed by atoms with Crippen LogP contribution in [0.3, 0.4) is 0 Å². The number of ketones is 1. The van der Waals surface area contributed by atoms with E-state index in [0.29, 0.717) is 23.5 Å². The number of nitrogens with two attached hydrogens (primary N) is 1. The molecule has 94 heavy (non-hydrogen) atoms. The van der Waals surface area contributed by atoms with Gasteiger partial charge in [0.15, 0.2) is 22.8 Å². The van der Waals surface area contributed by atoms with Gasteiger partial charge in [0, 0.05) is 28.4 Å². The molecule has 12 rings (SSSR count). The van der Waals surface area contributed by atoms with Gasteiger partial charge in [-0.15, -0.1) is 34.0 Å². The summed E-state index contributed by atoms with van der Waals surface area (Å²) < 4.78 is 22.9. The minimum Gasteiger partial charge on any atom is -0.462 e. The molecule has 0 spiro atoms. The van der Waals surface area contributed by atoms with Crippen molar-refractivity contribution in [3.63, 3.8) is 0 Å². The van der Waals surface area contributed by atoms with Crippen molar-refractivity contribution in [1.82, 2.24) is 29.8 Å². The second-order valence-corrected chi connectivity index (χ2v) is 22.2. The van der Waals surface area contributed by atoms with E-state index in [4.69, 9.17) is 51.4 Å². The van der Waals surface area contributed by atoms with E-state index in [1.807, 2.05) is 147 Å². The van der Waals surface area contributed by atoms with Crippen LogP contribution >= 0.6 is 45.6 Å². The molecule has 0 radical (unpaired) electrons. The van der Waals surface area contributed by atoms with E-state index in [-0.39, 0.29) is 74.3 Å². The molecular formula is C69H74ClN13O8S3. The number of thiophene rings is 3. The van der Waals surface area contributed by atoms with E-state index in [2.05, 4.69) is 71.7 Å². The molecule has 6 aromatic heterocycles. The van der Waals surface area contributed by atoms with Crippen LogP contribution in [0.1, 0.15) is 88.1 Å². The van der Waals surface area contributed by atoms with Gasteiger partial charge in [0.25, 0.3) is 5.56 Å². The summed E-state index contributed by atoms with van der Waals surface area (Å²) in [5.74, 6) is -1.03. The van der Waals surface area contributed by atoms with Crippen molar-refractivity contribution in [2.75, 3.05) is 31.0 Å². The lowest BCUT2D eigenvalue weighted by atomic mass is 10.1. The summed E-state index contributed by atoms with van der Waals surface area (Å²) in [5, 5.41) is 39.0. The Bertz CT molecular complexity index is 4680. The van der Waals surface area contributed by atoms with Crippen molar-refractivity contribution in [1.29, 1.82) is 16.3 Å². The number of hydrogen-bond acceptors (Lipinski definition) is 19. The summed E-state index contributed by atoms with van der Waals surface area (Å²) in [6, 6.07) is 54.6.